The Hall–Kier alpha value is -0.900. The van der Waals surface area contributed by atoms with Crippen molar-refractivity contribution in [3.05, 3.63) is 16.6 Å². The van der Waals surface area contributed by atoms with Crippen molar-refractivity contribution in [1.82, 2.24) is 0 Å². The van der Waals surface area contributed by atoms with Crippen LogP contribution in [0.15, 0.2) is 16.6 Å². The van der Waals surface area contributed by atoms with Gasteiger partial charge in [-0.2, -0.15) is 0 Å². The molecule has 0 heterocycles. The molecule has 0 unspecified atom stereocenters. The molecule has 4 heteroatoms. The largest absolute Gasteiger partial charge is 0.495 e. The van der Waals surface area contributed by atoms with Gasteiger partial charge in [0.25, 0.3) is 0 Å². The fourth-order valence-corrected chi connectivity index (χ4v) is 1.26. The van der Waals surface area contributed by atoms with E-state index in [0.29, 0.717) is 17.1 Å². The third kappa shape index (κ3) is 1.57. The maximum absolute atomic E-state index is 5.54. The third-order valence-corrected chi connectivity index (χ3v) is 1.98. The molecule has 0 fully saturated rings. The number of nitrogens with two attached hydrogens (primary N) is 2. The minimum absolute atomic E-state index is 0.532. The van der Waals surface area contributed by atoms with E-state index >= 15 is 0 Å². The first-order valence-corrected chi connectivity index (χ1v) is 3.83. The molecule has 11 heavy (non-hydrogen) atoms. The highest BCUT2D eigenvalue weighted by Gasteiger charge is 2.02. The molecule has 3 nitrogen and oxygen atoms in total. The Kier molecular flexibility index (Phi) is 2.24. The molecule has 0 aliphatic heterocycles. The molecule has 0 saturated heterocycles. The molecule has 0 radical (unpaired) electrons. The van der Waals surface area contributed by atoms with E-state index in [-0.39, 0.29) is 0 Å². The summed E-state index contributed by atoms with van der Waals surface area (Å²) in [5.74, 6) is 0.691. The third-order valence-electron chi connectivity index (χ3n) is 1.36. The lowest BCUT2D eigenvalue weighted by Crippen LogP contribution is -1.95. The minimum atomic E-state index is 0.532. The standard InChI is InChI=1S/C7H9BrN2O/c1-11-7-3-6(10)5(9)2-4(7)8/h2-3H,9-10H2,1H3. The molecule has 0 saturated carbocycles. The van der Waals surface area contributed by atoms with Crippen molar-refractivity contribution in [3.63, 3.8) is 0 Å². The summed E-state index contributed by atoms with van der Waals surface area (Å²) in [6.45, 7) is 0. The SMILES string of the molecule is COc1cc(N)c(N)cc1Br. The number of nitrogen functional groups attached to an aromatic ring is 2. The number of hydrogen-bond donors (Lipinski definition) is 2. The smallest absolute Gasteiger partial charge is 0.135 e. The zero-order valence-electron chi connectivity index (χ0n) is 6.10. The highest BCUT2D eigenvalue weighted by Crippen LogP contribution is 2.30. The van der Waals surface area contributed by atoms with E-state index < -0.39 is 0 Å². The Bertz CT molecular complexity index is 275. The van der Waals surface area contributed by atoms with Gasteiger partial charge >= 0.3 is 0 Å². The molecule has 0 amide bonds. The number of halogens is 1. The van der Waals surface area contributed by atoms with Crippen molar-refractivity contribution >= 4 is 27.3 Å². The molecule has 0 atom stereocenters. The molecule has 0 bridgehead atoms. The van der Waals surface area contributed by atoms with Gasteiger partial charge in [0, 0.05) is 6.07 Å². The number of hydrogen-bond acceptors (Lipinski definition) is 3. The fourth-order valence-electron chi connectivity index (χ4n) is 0.741. The molecule has 4 N–H and O–H groups in total. The van der Waals surface area contributed by atoms with E-state index in [2.05, 4.69) is 15.9 Å². The maximum atomic E-state index is 5.54. The molecular weight excluding hydrogens is 208 g/mol. The van der Waals surface area contributed by atoms with Crippen LogP contribution < -0.4 is 16.2 Å². The van der Waals surface area contributed by atoms with Gasteiger partial charge in [-0.15, -0.1) is 0 Å². The van der Waals surface area contributed by atoms with Crippen LogP contribution in [-0.2, 0) is 0 Å². The summed E-state index contributed by atoms with van der Waals surface area (Å²) in [5, 5.41) is 0. The van der Waals surface area contributed by atoms with Gasteiger partial charge in [0.05, 0.1) is 23.0 Å². The van der Waals surface area contributed by atoms with Crippen LogP contribution in [0.3, 0.4) is 0 Å². The predicted octanol–water partition coefficient (Wildman–Crippen LogP) is 1.62. The molecule has 0 aliphatic rings. The summed E-state index contributed by atoms with van der Waals surface area (Å²) in [6, 6.07) is 3.40. The van der Waals surface area contributed by atoms with Gasteiger partial charge in [-0.25, -0.2) is 0 Å². The lowest BCUT2D eigenvalue weighted by molar-refractivity contribution is 0.412. The van der Waals surface area contributed by atoms with E-state index in [1.807, 2.05) is 0 Å². The van der Waals surface area contributed by atoms with Crippen molar-refractivity contribution < 1.29 is 4.74 Å². The van der Waals surface area contributed by atoms with Crippen LogP contribution in [0.25, 0.3) is 0 Å². The van der Waals surface area contributed by atoms with Crippen molar-refractivity contribution in [2.45, 2.75) is 0 Å². The molecule has 0 aromatic heterocycles. The fraction of sp³-hybridized carbons (Fsp3) is 0.143. The Morgan fingerprint density at radius 2 is 1.82 bits per heavy atom. The molecule has 60 valence electrons. The summed E-state index contributed by atoms with van der Waals surface area (Å²) in [4.78, 5) is 0. The lowest BCUT2D eigenvalue weighted by Gasteiger charge is -2.05. The van der Waals surface area contributed by atoms with Gasteiger partial charge in [0.2, 0.25) is 0 Å². The Morgan fingerprint density at radius 3 is 2.36 bits per heavy atom. The van der Waals surface area contributed by atoms with Crippen LogP contribution in [0, 0.1) is 0 Å². The quantitative estimate of drug-likeness (QED) is 0.702. The normalized spacial score (nSPS) is 9.64. The molecular formula is C7H9BrN2O. The van der Waals surface area contributed by atoms with Crippen LogP contribution in [0.1, 0.15) is 0 Å². The van der Waals surface area contributed by atoms with Crippen LogP contribution in [0.2, 0.25) is 0 Å². The number of methoxy groups -OCH3 is 1. The van der Waals surface area contributed by atoms with Gasteiger partial charge in [-0.3, -0.25) is 0 Å². The van der Waals surface area contributed by atoms with Gasteiger partial charge in [0.1, 0.15) is 5.75 Å². The molecule has 0 spiro atoms. The zero-order valence-corrected chi connectivity index (χ0v) is 7.68. The average Bonchev–Trinajstić information content (AvgIpc) is 1.97. The van der Waals surface area contributed by atoms with Crippen molar-refractivity contribution in [2.24, 2.45) is 0 Å². The van der Waals surface area contributed by atoms with E-state index in [1.54, 1.807) is 19.2 Å². The van der Waals surface area contributed by atoms with E-state index in [0.717, 1.165) is 4.47 Å². The summed E-state index contributed by atoms with van der Waals surface area (Å²) in [7, 11) is 1.58. The number of rotatable bonds is 1. The van der Waals surface area contributed by atoms with E-state index in [4.69, 9.17) is 16.2 Å². The van der Waals surface area contributed by atoms with Crippen LogP contribution in [-0.4, -0.2) is 7.11 Å². The Labute approximate surface area is 73.5 Å². The van der Waals surface area contributed by atoms with Crippen LogP contribution >= 0.6 is 15.9 Å². The molecule has 1 rings (SSSR count). The molecule has 1 aromatic carbocycles. The topological polar surface area (TPSA) is 61.3 Å². The van der Waals surface area contributed by atoms with Crippen LogP contribution in [0.5, 0.6) is 5.75 Å². The van der Waals surface area contributed by atoms with Gasteiger partial charge in [0.15, 0.2) is 0 Å². The van der Waals surface area contributed by atoms with E-state index in [9.17, 15) is 0 Å². The highest BCUT2D eigenvalue weighted by atomic mass is 79.9. The zero-order chi connectivity index (χ0) is 8.43. The summed E-state index contributed by atoms with van der Waals surface area (Å²) < 4.78 is 5.81. The Balaban J connectivity index is 3.21. The van der Waals surface area contributed by atoms with Gasteiger partial charge in [-0.1, -0.05) is 0 Å². The van der Waals surface area contributed by atoms with Crippen LogP contribution in [0.4, 0.5) is 11.4 Å². The summed E-state index contributed by atoms with van der Waals surface area (Å²) in [6.07, 6.45) is 0. The minimum Gasteiger partial charge on any atom is -0.495 e. The predicted molar refractivity (Wildman–Crippen MR) is 49.5 cm³/mol. The molecule has 1 aromatic rings. The lowest BCUT2D eigenvalue weighted by atomic mass is 10.2. The second-order valence-corrected chi connectivity index (χ2v) is 2.97. The first-order chi connectivity index (χ1) is 5.15. The maximum Gasteiger partial charge on any atom is 0.135 e. The number of benzene rings is 1. The molecule has 0 aliphatic carbocycles. The second kappa shape index (κ2) is 3.00. The summed E-state index contributed by atoms with van der Waals surface area (Å²) in [5.41, 5.74) is 12.2. The van der Waals surface area contributed by atoms with Crippen molar-refractivity contribution in [1.29, 1.82) is 0 Å². The van der Waals surface area contributed by atoms with Gasteiger partial charge < -0.3 is 16.2 Å². The first kappa shape index (κ1) is 8.20. The second-order valence-electron chi connectivity index (χ2n) is 2.12. The van der Waals surface area contributed by atoms with Crippen molar-refractivity contribution in [2.75, 3.05) is 18.6 Å². The first-order valence-electron chi connectivity index (χ1n) is 3.03. The highest BCUT2D eigenvalue weighted by molar-refractivity contribution is 9.10. The number of anilines is 2. The Morgan fingerprint density at radius 1 is 1.27 bits per heavy atom. The average molecular weight is 217 g/mol. The van der Waals surface area contributed by atoms with Gasteiger partial charge in [-0.05, 0) is 22.0 Å². The van der Waals surface area contributed by atoms with E-state index in [1.165, 1.54) is 0 Å². The number of ether oxygens (including phenoxy) is 1. The monoisotopic (exact) mass is 216 g/mol. The van der Waals surface area contributed by atoms with Crippen molar-refractivity contribution in [3.8, 4) is 5.75 Å². The summed E-state index contributed by atoms with van der Waals surface area (Å²) >= 11 is 3.28.